The maximum absolute atomic E-state index is 12.9. The van der Waals surface area contributed by atoms with Gasteiger partial charge in [-0.2, -0.15) is 0 Å². The zero-order chi connectivity index (χ0) is 25.1. The van der Waals surface area contributed by atoms with Gasteiger partial charge in [0, 0.05) is 23.2 Å². The summed E-state index contributed by atoms with van der Waals surface area (Å²) in [6, 6.07) is 15.8. The van der Waals surface area contributed by atoms with Crippen molar-refractivity contribution in [1.82, 2.24) is 9.88 Å². The van der Waals surface area contributed by atoms with Crippen molar-refractivity contribution < 1.29 is 22.7 Å². The van der Waals surface area contributed by atoms with Crippen molar-refractivity contribution in [1.29, 1.82) is 0 Å². The number of benzene rings is 2. The average molecular weight is 527 g/mol. The number of nitrogens with zero attached hydrogens (tertiary/aromatic N) is 2. The Morgan fingerprint density at radius 1 is 1.06 bits per heavy atom. The van der Waals surface area contributed by atoms with Crippen LogP contribution in [0.1, 0.15) is 31.2 Å². The number of nitrogens with one attached hydrogen (secondary N) is 2. The Morgan fingerprint density at radius 2 is 1.81 bits per heavy atom. The van der Waals surface area contributed by atoms with Gasteiger partial charge in [-0.15, -0.1) is 11.3 Å². The standard InChI is InChI=1S/C25H26N4O5S2/c30-23(22-7-4-14-29(22)25(31)34-15-17-5-2-1-3-6-17)27-24-26-21(16-35-24)18-8-10-19(11-9-18)28-36(32,33)20-12-13-20/h1-3,5-6,8-11,16,20,22,28H,4,7,12-15H2,(H,26,27,30)/t22-/m1/s1. The normalized spacial score (nSPS) is 17.6. The maximum atomic E-state index is 12.9. The summed E-state index contributed by atoms with van der Waals surface area (Å²) in [6.07, 6.45) is 2.18. The average Bonchev–Trinajstić information content (AvgIpc) is 3.46. The third-order valence-electron chi connectivity index (χ3n) is 6.13. The van der Waals surface area contributed by atoms with Crippen molar-refractivity contribution in [3.63, 3.8) is 0 Å². The van der Waals surface area contributed by atoms with Gasteiger partial charge in [0.25, 0.3) is 0 Å². The van der Waals surface area contributed by atoms with Crippen LogP contribution in [0.25, 0.3) is 11.3 Å². The van der Waals surface area contributed by atoms with Crippen LogP contribution in [0.5, 0.6) is 0 Å². The quantitative estimate of drug-likeness (QED) is 0.448. The first kappa shape index (κ1) is 24.3. The molecule has 2 aliphatic rings. The molecule has 5 rings (SSSR count). The number of amides is 2. The van der Waals surface area contributed by atoms with Crippen LogP contribution in [0.15, 0.2) is 60.0 Å². The number of anilines is 2. The van der Waals surface area contributed by atoms with E-state index in [2.05, 4.69) is 15.0 Å². The maximum Gasteiger partial charge on any atom is 0.410 e. The number of carbonyl (C=O) groups excluding carboxylic acids is 2. The number of thiazole rings is 1. The zero-order valence-electron chi connectivity index (χ0n) is 19.4. The van der Waals surface area contributed by atoms with Crippen molar-refractivity contribution in [2.24, 2.45) is 0 Å². The lowest BCUT2D eigenvalue weighted by Gasteiger charge is -2.22. The first-order valence-electron chi connectivity index (χ1n) is 11.7. The zero-order valence-corrected chi connectivity index (χ0v) is 21.1. The second kappa shape index (κ2) is 10.3. The monoisotopic (exact) mass is 526 g/mol. The lowest BCUT2D eigenvalue weighted by Crippen LogP contribution is -2.43. The van der Waals surface area contributed by atoms with Crippen molar-refractivity contribution in [3.05, 3.63) is 65.5 Å². The fraction of sp³-hybridized carbons (Fsp3) is 0.320. The van der Waals surface area contributed by atoms with Crippen LogP contribution >= 0.6 is 11.3 Å². The molecule has 1 aliphatic heterocycles. The van der Waals surface area contributed by atoms with Crippen molar-refractivity contribution >= 4 is 44.2 Å². The molecule has 2 amide bonds. The van der Waals surface area contributed by atoms with Gasteiger partial charge in [0.1, 0.15) is 12.6 Å². The molecule has 9 nitrogen and oxygen atoms in total. The Hall–Kier alpha value is -3.44. The van der Waals surface area contributed by atoms with Gasteiger partial charge in [-0.3, -0.25) is 14.4 Å². The fourth-order valence-corrected chi connectivity index (χ4v) is 6.16. The molecule has 2 N–H and O–H groups in total. The van der Waals surface area contributed by atoms with E-state index in [1.54, 1.807) is 24.3 Å². The first-order chi connectivity index (χ1) is 17.4. The highest BCUT2D eigenvalue weighted by molar-refractivity contribution is 7.93. The smallest absolute Gasteiger partial charge is 0.410 e. The van der Waals surface area contributed by atoms with Crippen LogP contribution in [0.3, 0.4) is 0 Å². The number of sulfonamides is 1. The molecule has 11 heteroatoms. The molecule has 36 heavy (non-hydrogen) atoms. The number of hydrogen-bond acceptors (Lipinski definition) is 7. The molecular formula is C25H26N4O5S2. The van der Waals surface area contributed by atoms with Gasteiger partial charge in [0.05, 0.1) is 10.9 Å². The summed E-state index contributed by atoms with van der Waals surface area (Å²) in [5.41, 5.74) is 2.86. The Morgan fingerprint density at radius 3 is 2.53 bits per heavy atom. The van der Waals surface area contributed by atoms with Gasteiger partial charge in [-0.1, -0.05) is 42.5 Å². The number of carbonyl (C=O) groups is 2. The molecule has 2 fully saturated rings. The molecule has 1 aromatic heterocycles. The van der Waals surface area contributed by atoms with Gasteiger partial charge in [0.2, 0.25) is 15.9 Å². The predicted molar refractivity (Wildman–Crippen MR) is 138 cm³/mol. The van der Waals surface area contributed by atoms with E-state index in [-0.39, 0.29) is 17.8 Å². The second-order valence-corrected chi connectivity index (χ2v) is 11.7. The molecule has 2 aromatic carbocycles. The van der Waals surface area contributed by atoms with E-state index in [0.29, 0.717) is 42.3 Å². The summed E-state index contributed by atoms with van der Waals surface area (Å²) < 4.78 is 32.2. The Kier molecular flexibility index (Phi) is 6.92. The number of ether oxygens (including phenoxy) is 1. The molecular weight excluding hydrogens is 500 g/mol. The van der Waals surface area contributed by atoms with E-state index in [4.69, 9.17) is 4.74 Å². The fourth-order valence-electron chi connectivity index (χ4n) is 4.05. The molecule has 0 radical (unpaired) electrons. The van der Waals surface area contributed by atoms with Crippen molar-refractivity contribution in [2.45, 2.75) is 43.6 Å². The van der Waals surface area contributed by atoms with E-state index in [1.165, 1.54) is 16.2 Å². The van der Waals surface area contributed by atoms with Crippen LogP contribution in [0, 0.1) is 0 Å². The van der Waals surface area contributed by atoms with Crippen molar-refractivity contribution in [3.8, 4) is 11.3 Å². The lowest BCUT2D eigenvalue weighted by atomic mass is 10.1. The Bertz CT molecular complexity index is 1340. The van der Waals surface area contributed by atoms with Crippen LogP contribution in [-0.4, -0.2) is 48.1 Å². The summed E-state index contributed by atoms with van der Waals surface area (Å²) in [6.45, 7) is 0.618. The summed E-state index contributed by atoms with van der Waals surface area (Å²) >= 11 is 1.29. The van der Waals surface area contributed by atoms with E-state index in [0.717, 1.165) is 17.5 Å². The molecule has 0 unspecified atom stereocenters. The summed E-state index contributed by atoms with van der Waals surface area (Å²) in [5, 5.41) is 4.78. The molecule has 0 bridgehead atoms. The SMILES string of the molecule is O=C(Nc1nc(-c2ccc(NS(=O)(=O)C3CC3)cc2)cs1)[C@H]1CCCN1C(=O)OCc1ccccc1. The van der Waals surface area contributed by atoms with Crippen LogP contribution < -0.4 is 10.0 Å². The molecule has 1 atom stereocenters. The summed E-state index contributed by atoms with van der Waals surface area (Å²) in [7, 11) is -3.31. The number of likely N-dealkylation sites (tertiary alicyclic amines) is 1. The minimum Gasteiger partial charge on any atom is -0.445 e. The third-order valence-corrected chi connectivity index (χ3v) is 8.76. The van der Waals surface area contributed by atoms with Gasteiger partial charge in [-0.05, 0) is 43.4 Å². The highest BCUT2D eigenvalue weighted by atomic mass is 32.2. The predicted octanol–water partition coefficient (Wildman–Crippen LogP) is 4.45. The molecule has 1 saturated heterocycles. The van der Waals surface area contributed by atoms with Crippen LogP contribution in [0.4, 0.5) is 15.6 Å². The largest absolute Gasteiger partial charge is 0.445 e. The van der Waals surface area contributed by atoms with Gasteiger partial charge < -0.3 is 10.1 Å². The minimum atomic E-state index is -3.31. The molecule has 3 aromatic rings. The van der Waals surface area contributed by atoms with Gasteiger partial charge >= 0.3 is 6.09 Å². The number of hydrogen-bond donors (Lipinski definition) is 2. The molecule has 2 heterocycles. The molecule has 0 spiro atoms. The van der Waals surface area contributed by atoms with E-state index in [9.17, 15) is 18.0 Å². The highest BCUT2D eigenvalue weighted by Gasteiger charge is 2.36. The lowest BCUT2D eigenvalue weighted by molar-refractivity contribution is -0.120. The number of rotatable bonds is 8. The highest BCUT2D eigenvalue weighted by Crippen LogP contribution is 2.31. The summed E-state index contributed by atoms with van der Waals surface area (Å²) in [5.74, 6) is -0.296. The van der Waals surface area contributed by atoms with E-state index < -0.39 is 22.2 Å². The van der Waals surface area contributed by atoms with Crippen LogP contribution in [-0.2, 0) is 26.2 Å². The molecule has 1 saturated carbocycles. The number of aromatic nitrogens is 1. The van der Waals surface area contributed by atoms with Gasteiger partial charge in [-0.25, -0.2) is 18.2 Å². The van der Waals surface area contributed by atoms with E-state index >= 15 is 0 Å². The summed E-state index contributed by atoms with van der Waals surface area (Å²) in [4.78, 5) is 31.5. The van der Waals surface area contributed by atoms with Crippen molar-refractivity contribution in [2.75, 3.05) is 16.6 Å². The molecule has 188 valence electrons. The van der Waals surface area contributed by atoms with Gasteiger partial charge in [0.15, 0.2) is 5.13 Å². The Balaban J connectivity index is 1.17. The third kappa shape index (κ3) is 5.68. The topological polar surface area (TPSA) is 118 Å². The van der Waals surface area contributed by atoms with E-state index in [1.807, 2.05) is 35.7 Å². The molecule has 1 aliphatic carbocycles. The Labute approximate surface area is 213 Å². The second-order valence-electron chi connectivity index (χ2n) is 8.84. The first-order valence-corrected chi connectivity index (χ1v) is 14.2. The van der Waals surface area contributed by atoms with Crippen LogP contribution in [0.2, 0.25) is 0 Å². The minimum absolute atomic E-state index is 0.154.